The van der Waals surface area contributed by atoms with Gasteiger partial charge in [-0.2, -0.15) is 0 Å². The highest BCUT2D eigenvalue weighted by Gasteiger charge is 2.13. The van der Waals surface area contributed by atoms with Crippen LogP contribution in [0.15, 0.2) is 42.9 Å². The molecule has 0 aliphatic heterocycles. The summed E-state index contributed by atoms with van der Waals surface area (Å²) >= 11 is 7.79. The molecule has 2 heterocycles. The Morgan fingerprint density at radius 1 is 1.30 bits per heavy atom. The Labute approximate surface area is 124 Å². The van der Waals surface area contributed by atoms with Gasteiger partial charge < -0.3 is 4.74 Å². The summed E-state index contributed by atoms with van der Waals surface area (Å²) in [4.78, 5) is 20.3. The summed E-state index contributed by atoms with van der Waals surface area (Å²) in [7, 11) is 0. The van der Waals surface area contributed by atoms with E-state index in [0.717, 1.165) is 15.0 Å². The summed E-state index contributed by atoms with van der Waals surface area (Å²) in [6.45, 7) is 0.133. The molecule has 1 aromatic carbocycles. The lowest BCUT2D eigenvalue weighted by atomic mass is 10.2. The minimum Gasteiger partial charge on any atom is -0.455 e. The third-order valence-corrected chi connectivity index (χ3v) is 4.40. The van der Waals surface area contributed by atoms with Gasteiger partial charge in [-0.3, -0.25) is 4.98 Å². The molecule has 20 heavy (non-hydrogen) atoms. The number of halogens is 1. The third-order valence-electron chi connectivity index (χ3n) is 2.71. The Hall–Kier alpha value is -1.98. The van der Waals surface area contributed by atoms with E-state index in [1.807, 2.05) is 24.3 Å². The Balaban J connectivity index is 1.77. The summed E-state index contributed by atoms with van der Waals surface area (Å²) in [5.41, 5.74) is 0.185. The molecule has 0 fully saturated rings. The van der Waals surface area contributed by atoms with Crippen LogP contribution in [0.4, 0.5) is 0 Å². The molecular formula is C14H9ClN2O2S. The number of nitrogens with zero attached hydrogens (tertiary/aromatic N) is 2. The van der Waals surface area contributed by atoms with Gasteiger partial charge in [-0.15, -0.1) is 11.3 Å². The largest absolute Gasteiger partial charge is 0.455 e. The maximum Gasteiger partial charge on any atom is 0.358 e. The Kier molecular flexibility index (Phi) is 3.62. The van der Waals surface area contributed by atoms with Crippen LogP contribution in [0.3, 0.4) is 0 Å². The first kappa shape index (κ1) is 13.0. The molecule has 0 radical (unpaired) electrons. The van der Waals surface area contributed by atoms with Crippen molar-refractivity contribution in [3.63, 3.8) is 0 Å². The monoisotopic (exact) mass is 304 g/mol. The van der Waals surface area contributed by atoms with Crippen LogP contribution in [0, 0.1) is 0 Å². The average Bonchev–Trinajstić information content (AvgIpc) is 2.83. The Morgan fingerprint density at radius 2 is 2.15 bits per heavy atom. The zero-order chi connectivity index (χ0) is 13.9. The van der Waals surface area contributed by atoms with Crippen LogP contribution in [0.1, 0.15) is 15.4 Å². The summed E-state index contributed by atoms with van der Waals surface area (Å²) in [6, 6.07) is 7.81. The second-order valence-electron chi connectivity index (χ2n) is 4.00. The van der Waals surface area contributed by atoms with Gasteiger partial charge in [0.2, 0.25) is 0 Å². The van der Waals surface area contributed by atoms with Crippen LogP contribution in [-0.2, 0) is 11.3 Å². The number of ether oxygens (including phenoxy) is 1. The van der Waals surface area contributed by atoms with Gasteiger partial charge in [-0.1, -0.05) is 29.8 Å². The van der Waals surface area contributed by atoms with E-state index in [0.29, 0.717) is 5.02 Å². The van der Waals surface area contributed by atoms with Crippen LogP contribution >= 0.6 is 22.9 Å². The van der Waals surface area contributed by atoms with Crippen LogP contribution < -0.4 is 0 Å². The number of carbonyl (C=O) groups excluding carboxylic acids is 1. The number of fused-ring (bicyclic) bond motifs is 1. The maximum atomic E-state index is 11.8. The van der Waals surface area contributed by atoms with Crippen molar-refractivity contribution in [2.24, 2.45) is 0 Å². The van der Waals surface area contributed by atoms with Gasteiger partial charge in [-0.25, -0.2) is 9.78 Å². The van der Waals surface area contributed by atoms with Gasteiger partial charge in [0, 0.05) is 22.5 Å². The fourth-order valence-electron chi connectivity index (χ4n) is 1.77. The highest BCUT2D eigenvalue weighted by atomic mass is 35.5. The van der Waals surface area contributed by atoms with Gasteiger partial charge in [0.25, 0.3) is 0 Å². The molecule has 6 heteroatoms. The lowest BCUT2D eigenvalue weighted by Crippen LogP contribution is -2.07. The summed E-state index contributed by atoms with van der Waals surface area (Å²) in [5, 5.41) is 1.61. The van der Waals surface area contributed by atoms with E-state index in [-0.39, 0.29) is 12.3 Å². The van der Waals surface area contributed by atoms with Crippen LogP contribution in [0.2, 0.25) is 5.02 Å². The Bertz CT molecular complexity index is 758. The smallest absolute Gasteiger partial charge is 0.358 e. The highest BCUT2D eigenvalue weighted by Crippen LogP contribution is 2.35. The molecule has 0 saturated carbocycles. The first-order valence-electron chi connectivity index (χ1n) is 5.85. The van der Waals surface area contributed by atoms with Gasteiger partial charge in [0.15, 0.2) is 5.69 Å². The molecule has 0 unspecified atom stereocenters. The molecule has 0 N–H and O–H groups in total. The van der Waals surface area contributed by atoms with Crippen molar-refractivity contribution in [2.75, 3.05) is 0 Å². The first-order chi connectivity index (χ1) is 9.75. The number of hydrogen-bond donors (Lipinski definition) is 0. The zero-order valence-electron chi connectivity index (χ0n) is 10.2. The molecule has 0 saturated heterocycles. The molecule has 3 rings (SSSR count). The minimum atomic E-state index is -0.508. The van der Waals surface area contributed by atoms with Crippen molar-refractivity contribution >= 4 is 39.0 Å². The topological polar surface area (TPSA) is 52.1 Å². The molecule has 0 spiro atoms. The third kappa shape index (κ3) is 2.50. The summed E-state index contributed by atoms with van der Waals surface area (Å²) < 4.78 is 6.28. The fraction of sp³-hybridized carbons (Fsp3) is 0.0714. The molecule has 0 amide bonds. The number of aromatic nitrogens is 2. The highest BCUT2D eigenvalue weighted by molar-refractivity contribution is 7.19. The van der Waals surface area contributed by atoms with Crippen LogP contribution in [-0.4, -0.2) is 15.9 Å². The quantitative estimate of drug-likeness (QED) is 0.692. The Morgan fingerprint density at radius 3 is 2.90 bits per heavy atom. The molecule has 0 bridgehead atoms. The lowest BCUT2D eigenvalue weighted by Gasteiger charge is -2.02. The molecule has 0 atom stereocenters. The van der Waals surface area contributed by atoms with Crippen molar-refractivity contribution in [3.8, 4) is 0 Å². The number of benzene rings is 1. The molecule has 0 aliphatic rings. The second kappa shape index (κ2) is 5.56. The van der Waals surface area contributed by atoms with E-state index in [4.69, 9.17) is 16.3 Å². The van der Waals surface area contributed by atoms with E-state index in [2.05, 4.69) is 9.97 Å². The minimum absolute atomic E-state index is 0.133. The maximum absolute atomic E-state index is 11.8. The van der Waals surface area contributed by atoms with Crippen molar-refractivity contribution in [2.45, 2.75) is 6.61 Å². The van der Waals surface area contributed by atoms with Crippen LogP contribution in [0.5, 0.6) is 0 Å². The molecular weight excluding hydrogens is 296 g/mol. The molecule has 2 aromatic heterocycles. The van der Waals surface area contributed by atoms with E-state index < -0.39 is 5.97 Å². The number of thiophene rings is 1. The van der Waals surface area contributed by atoms with E-state index in [9.17, 15) is 4.79 Å². The van der Waals surface area contributed by atoms with E-state index in [1.165, 1.54) is 29.9 Å². The SMILES string of the molecule is O=C(OCc1sc2ccccc2c1Cl)c1cnccn1. The molecule has 0 aliphatic carbocycles. The van der Waals surface area contributed by atoms with E-state index >= 15 is 0 Å². The van der Waals surface area contributed by atoms with Gasteiger partial charge in [-0.05, 0) is 6.07 Å². The lowest BCUT2D eigenvalue weighted by molar-refractivity contribution is 0.0469. The predicted octanol–water partition coefficient (Wildman–Crippen LogP) is 3.70. The van der Waals surface area contributed by atoms with Crippen molar-refractivity contribution in [1.82, 2.24) is 9.97 Å². The zero-order valence-corrected chi connectivity index (χ0v) is 11.8. The first-order valence-corrected chi connectivity index (χ1v) is 7.04. The standard InChI is InChI=1S/C14H9ClN2O2S/c15-13-9-3-1-2-4-11(9)20-12(13)8-19-14(18)10-7-16-5-6-17-10/h1-7H,8H2. The van der Waals surface area contributed by atoms with Crippen molar-refractivity contribution < 1.29 is 9.53 Å². The number of esters is 1. The molecule has 100 valence electrons. The summed E-state index contributed by atoms with van der Waals surface area (Å²) in [5.74, 6) is -0.508. The molecule has 4 nitrogen and oxygen atoms in total. The number of rotatable bonds is 3. The van der Waals surface area contributed by atoms with Crippen LogP contribution in [0.25, 0.3) is 10.1 Å². The number of carbonyl (C=O) groups is 1. The van der Waals surface area contributed by atoms with E-state index in [1.54, 1.807) is 0 Å². The normalized spacial score (nSPS) is 10.7. The van der Waals surface area contributed by atoms with Gasteiger partial charge in [0.05, 0.1) is 16.1 Å². The van der Waals surface area contributed by atoms with Crippen molar-refractivity contribution in [1.29, 1.82) is 0 Å². The van der Waals surface area contributed by atoms with Crippen molar-refractivity contribution in [3.05, 3.63) is 58.4 Å². The number of hydrogen-bond acceptors (Lipinski definition) is 5. The van der Waals surface area contributed by atoms with Gasteiger partial charge in [0.1, 0.15) is 6.61 Å². The second-order valence-corrected chi connectivity index (χ2v) is 5.52. The van der Waals surface area contributed by atoms with Gasteiger partial charge >= 0.3 is 5.97 Å². The fourth-order valence-corrected chi connectivity index (χ4v) is 3.17. The average molecular weight is 305 g/mol. The predicted molar refractivity (Wildman–Crippen MR) is 78.0 cm³/mol. The summed E-state index contributed by atoms with van der Waals surface area (Å²) in [6.07, 6.45) is 4.32. The molecule has 3 aromatic rings.